The van der Waals surface area contributed by atoms with Crippen molar-refractivity contribution in [3.8, 4) is 0 Å². The van der Waals surface area contributed by atoms with Crippen LogP contribution in [0.1, 0.15) is 31.2 Å². The molecule has 0 saturated carbocycles. The average Bonchev–Trinajstić information content (AvgIpc) is 2.98. The van der Waals surface area contributed by atoms with Gasteiger partial charge in [0.15, 0.2) is 0 Å². The molecule has 0 radical (unpaired) electrons. The quantitative estimate of drug-likeness (QED) is 0.825. The van der Waals surface area contributed by atoms with Crippen molar-refractivity contribution in [2.45, 2.75) is 25.7 Å². The molecule has 0 bridgehead atoms. The first-order valence-electron chi connectivity index (χ1n) is 7.95. The highest BCUT2D eigenvalue weighted by molar-refractivity contribution is 5.85. The summed E-state index contributed by atoms with van der Waals surface area (Å²) < 4.78 is 0. The molecule has 0 spiro atoms. The number of nitrogens with one attached hydrogen (secondary N) is 1. The van der Waals surface area contributed by atoms with E-state index < -0.39 is 0 Å². The minimum Gasteiger partial charge on any atom is -0.347 e. The van der Waals surface area contributed by atoms with Gasteiger partial charge >= 0.3 is 0 Å². The zero-order valence-corrected chi connectivity index (χ0v) is 14.3. The highest BCUT2D eigenvalue weighted by Gasteiger charge is 2.35. The molecule has 5 nitrogen and oxygen atoms in total. The molecule has 2 amide bonds. The molecule has 0 unspecified atom stereocenters. The molecule has 1 saturated heterocycles. The predicted octanol–water partition coefficient (Wildman–Crippen LogP) is 1.53. The first kappa shape index (κ1) is 19.5. The molecule has 0 aliphatic carbocycles. The third-order valence-electron chi connectivity index (χ3n) is 4.24. The van der Waals surface area contributed by atoms with Crippen LogP contribution in [0.3, 0.4) is 0 Å². The van der Waals surface area contributed by atoms with E-state index in [9.17, 15) is 9.59 Å². The second-order valence-electron chi connectivity index (χ2n) is 5.84. The van der Waals surface area contributed by atoms with Crippen LogP contribution in [0.4, 0.5) is 0 Å². The van der Waals surface area contributed by atoms with Crippen molar-refractivity contribution in [2.75, 3.05) is 26.2 Å². The zero-order chi connectivity index (χ0) is 15.9. The smallest absolute Gasteiger partial charge is 0.241 e. The van der Waals surface area contributed by atoms with E-state index in [1.54, 1.807) is 0 Å². The van der Waals surface area contributed by atoms with Crippen molar-refractivity contribution in [3.63, 3.8) is 0 Å². The normalized spacial score (nSPS) is 20.0. The number of nitrogens with zero attached hydrogens (tertiary/aromatic N) is 1. The lowest BCUT2D eigenvalue weighted by Gasteiger charge is -2.17. The van der Waals surface area contributed by atoms with Gasteiger partial charge in [0.05, 0.1) is 6.54 Å². The van der Waals surface area contributed by atoms with Gasteiger partial charge in [0.2, 0.25) is 11.8 Å². The van der Waals surface area contributed by atoms with Crippen LogP contribution in [0.2, 0.25) is 0 Å². The van der Waals surface area contributed by atoms with E-state index in [0.717, 1.165) is 6.42 Å². The van der Waals surface area contributed by atoms with Crippen LogP contribution in [-0.2, 0) is 9.59 Å². The summed E-state index contributed by atoms with van der Waals surface area (Å²) in [7, 11) is 0. The van der Waals surface area contributed by atoms with Crippen molar-refractivity contribution < 1.29 is 9.59 Å². The summed E-state index contributed by atoms with van der Waals surface area (Å²) >= 11 is 0. The fourth-order valence-electron chi connectivity index (χ4n) is 2.99. The number of benzene rings is 1. The van der Waals surface area contributed by atoms with Crippen molar-refractivity contribution in [3.05, 3.63) is 35.9 Å². The minimum atomic E-state index is -0.0648. The fourth-order valence-corrected chi connectivity index (χ4v) is 2.99. The topological polar surface area (TPSA) is 75.4 Å². The van der Waals surface area contributed by atoms with Gasteiger partial charge in [0.1, 0.15) is 0 Å². The number of carbonyl (C=O) groups is 2. The molecule has 2 rings (SSSR count). The fraction of sp³-hybridized carbons (Fsp3) is 0.529. The Morgan fingerprint density at radius 1 is 1.26 bits per heavy atom. The van der Waals surface area contributed by atoms with E-state index in [1.165, 1.54) is 5.56 Å². The molecule has 1 aromatic carbocycles. The Morgan fingerprint density at radius 3 is 2.57 bits per heavy atom. The Balaban J connectivity index is 0.00000264. The molecule has 1 fully saturated rings. The summed E-state index contributed by atoms with van der Waals surface area (Å²) in [5.74, 6) is 0.463. The minimum absolute atomic E-state index is 0. The van der Waals surface area contributed by atoms with Gasteiger partial charge in [-0.05, 0) is 24.4 Å². The molecule has 3 N–H and O–H groups in total. The van der Waals surface area contributed by atoms with E-state index in [1.807, 2.05) is 30.0 Å². The number of halogens is 1. The Bertz CT molecular complexity index is 510. The molecule has 1 heterocycles. The van der Waals surface area contributed by atoms with Crippen LogP contribution < -0.4 is 11.1 Å². The molecule has 1 aliphatic heterocycles. The van der Waals surface area contributed by atoms with Crippen molar-refractivity contribution in [1.29, 1.82) is 0 Å². The molecule has 6 heteroatoms. The van der Waals surface area contributed by atoms with Crippen LogP contribution >= 0.6 is 12.4 Å². The second-order valence-corrected chi connectivity index (χ2v) is 5.84. The summed E-state index contributed by atoms with van der Waals surface area (Å²) in [6.07, 6.45) is 1.25. The van der Waals surface area contributed by atoms with Gasteiger partial charge in [0, 0.05) is 25.4 Å². The molecule has 1 aliphatic rings. The molecule has 0 aromatic heterocycles. The van der Waals surface area contributed by atoms with E-state index in [4.69, 9.17) is 5.73 Å². The Hall–Kier alpha value is -1.59. The van der Waals surface area contributed by atoms with Crippen LogP contribution in [0.5, 0.6) is 0 Å². The van der Waals surface area contributed by atoms with Gasteiger partial charge in [-0.15, -0.1) is 12.4 Å². The van der Waals surface area contributed by atoms with E-state index >= 15 is 0 Å². The van der Waals surface area contributed by atoms with Gasteiger partial charge in [-0.25, -0.2) is 0 Å². The van der Waals surface area contributed by atoms with Crippen LogP contribution in [0, 0.1) is 5.92 Å². The lowest BCUT2D eigenvalue weighted by molar-refractivity contribution is -0.132. The summed E-state index contributed by atoms with van der Waals surface area (Å²) in [4.78, 5) is 25.6. The van der Waals surface area contributed by atoms with Gasteiger partial charge < -0.3 is 16.0 Å². The second kappa shape index (κ2) is 9.53. The van der Waals surface area contributed by atoms with Gasteiger partial charge in [0.25, 0.3) is 0 Å². The number of carbonyl (C=O) groups excluding carboxylic acids is 2. The number of amides is 2. The lowest BCUT2D eigenvalue weighted by Crippen LogP contribution is -2.39. The first-order chi connectivity index (χ1) is 10.7. The maximum absolute atomic E-state index is 12.3. The van der Waals surface area contributed by atoms with Crippen LogP contribution in [0.25, 0.3) is 0 Å². The summed E-state index contributed by atoms with van der Waals surface area (Å²) in [5.41, 5.74) is 7.10. The Morgan fingerprint density at radius 2 is 1.96 bits per heavy atom. The first-order valence-corrected chi connectivity index (χ1v) is 7.95. The highest BCUT2D eigenvalue weighted by atomic mass is 35.5. The molecule has 2 atom stereocenters. The van der Waals surface area contributed by atoms with E-state index in [0.29, 0.717) is 26.1 Å². The van der Waals surface area contributed by atoms with Gasteiger partial charge in [-0.3, -0.25) is 9.59 Å². The van der Waals surface area contributed by atoms with Gasteiger partial charge in [-0.2, -0.15) is 0 Å². The molecule has 1 aromatic rings. The van der Waals surface area contributed by atoms with E-state index in [2.05, 4.69) is 17.4 Å². The molecule has 128 valence electrons. The van der Waals surface area contributed by atoms with Gasteiger partial charge in [-0.1, -0.05) is 37.3 Å². The predicted molar refractivity (Wildman–Crippen MR) is 93.5 cm³/mol. The summed E-state index contributed by atoms with van der Waals surface area (Å²) in [5, 5.41) is 2.69. The average molecular weight is 340 g/mol. The van der Waals surface area contributed by atoms with E-state index in [-0.39, 0.29) is 42.6 Å². The monoisotopic (exact) mass is 339 g/mol. The SMILES string of the molecule is CCCC(=O)NCC(=O)N1C[C@@H](CN)[C@H](c2ccccc2)C1.Cl. The number of nitrogens with two attached hydrogens (primary N) is 1. The molecule has 23 heavy (non-hydrogen) atoms. The maximum atomic E-state index is 12.3. The zero-order valence-electron chi connectivity index (χ0n) is 13.5. The number of likely N-dealkylation sites (tertiary alicyclic amines) is 1. The standard InChI is InChI=1S/C17H25N3O2.ClH/c1-2-6-16(21)19-10-17(22)20-11-14(9-18)15(12-20)13-7-4-3-5-8-13;/h3-5,7-8,14-15H,2,6,9-12,18H2,1H3,(H,19,21);1H/t14-,15+;/m1./s1. The molecular weight excluding hydrogens is 314 g/mol. The van der Waals surface area contributed by atoms with Crippen LogP contribution in [-0.4, -0.2) is 42.9 Å². The lowest BCUT2D eigenvalue weighted by atomic mass is 9.89. The third kappa shape index (κ3) is 5.22. The van der Waals surface area contributed by atoms with Crippen molar-refractivity contribution >= 4 is 24.2 Å². The Labute approximate surface area is 144 Å². The number of hydrogen-bond acceptors (Lipinski definition) is 3. The van der Waals surface area contributed by atoms with Crippen molar-refractivity contribution in [1.82, 2.24) is 10.2 Å². The van der Waals surface area contributed by atoms with Crippen molar-refractivity contribution in [2.24, 2.45) is 11.7 Å². The number of rotatable bonds is 6. The largest absolute Gasteiger partial charge is 0.347 e. The highest BCUT2D eigenvalue weighted by Crippen LogP contribution is 2.31. The third-order valence-corrected chi connectivity index (χ3v) is 4.24. The van der Waals surface area contributed by atoms with Crippen LogP contribution in [0.15, 0.2) is 30.3 Å². The molecular formula is C17H26ClN3O2. The number of hydrogen-bond donors (Lipinski definition) is 2. The maximum Gasteiger partial charge on any atom is 0.241 e. The summed E-state index contributed by atoms with van der Waals surface area (Å²) in [6.45, 7) is 3.92. The Kier molecular flexibility index (Phi) is 8.06. The summed E-state index contributed by atoms with van der Waals surface area (Å²) in [6, 6.07) is 10.2.